The van der Waals surface area contributed by atoms with E-state index in [-0.39, 0.29) is 0 Å². The van der Waals surface area contributed by atoms with Crippen molar-refractivity contribution in [3.05, 3.63) is 27.1 Å². The number of para-hydroxylation sites is 1. The Kier molecular flexibility index (Phi) is 4.49. The van der Waals surface area contributed by atoms with Gasteiger partial charge in [0.25, 0.3) is 0 Å². The largest absolute Gasteiger partial charge is 0.481 e. The third-order valence-electron chi connectivity index (χ3n) is 1.97. The van der Waals surface area contributed by atoms with Crippen molar-refractivity contribution >= 4 is 49.4 Å². The minimum atomic E-state index is -1.15. The molecule has 0 aliphatic heterocycles. The van der Waals surface area contributed by atoms with Crippen LogP contribution in [-0.2, 0) is 9.59 Å². The first-order valence-corrected chi connectivity index (χ1v) is 5.99. The van der Waals surface area contributed by atoms with Crippen molar-refractivity contribution in [2.45, 2.75) is 6.92 Å². The van der Waals surface area contributed by atoms with Gasteiger partial charge in [0.2, 0.25) is 5.91 Å². The number of carboxylic acid groups (broad SMARTS) is 1. The maximum atomic E-state index is 11.5. The standard InChI is InChI=1S/C10H9Br2NO3/c1-5(10(15)16)9(14)13-8-6(11)3-2-4-7(8)12/h2-5H,1H3,(H,13,14)(H,15,16). The fourth-order valence-corrected chi connectivity index (χ4v) is 2.16. The molecule has 86 valence electrons. The summed E-state index contributed by atoms with van der Waals surface area (Å²) in [6.45, 7) is 1.34. The summed E-state index contributed by atoms with van der Waals surface area (Å²) in [7, 11) is 0. The molecule has 0 bridgehead atoms. The molecule has 0 radical (unpaired) electrons. The third kappa shape index (κ3) is 3.05. The predicted molar refractivity (Wildman–Crippen MR) is 67.3 cm³/mol. The number of carbonyl (C=O) groups excluding carboxylic acids is 1. The van der Waals surface area contributed by atoms with E-state index in [1.165, 1.54) is 6.92 Å². The molecule has 2 N–H and O–H groups in total. The van der Waals surface area contributed by atoms with Crippen LogP contribution in [-0.4, -0.2) is 17.0 Å². The van der Waals surface area contributed by atoms with Gasteiger partial charge < -0.3 is 10.4 Å². The van der Waals surface area contributed by atoms with E-state index in [2.05, 4.69) is 37.2 Å². The minimum Gasteiger partial charge on any atom is -0.481 e. The molecule has 0 saturated heterocycles. The smallest absolute Gasteiger partial charge is 0.315 e. The van der Waals surface area contributed by atoms with E-state index in [4.69, 9.17) is 5.11 Å². The number of hydrogen-bond acceptors (Lipinski definition) is 2. The van der Waals surface area contributed by atoms with Gasteiger partial charge in [0.05, 0.1) is 5.69 Å². The summed E-state index contributed by atoms with van der Waals surface area (Å²) in [5.41, 5.74) is 0.528. The van der Waals surface area contributed by atoms with Crippen LogP contribution >= 0.6 is 31.9 Å². The van der Waals surface area contributed by atoms with E-state index in [0.717, 1.165) is 0 Å². The topological polar surface area (TPSA) is 66.4 Å². The number of nitrogens with one attached hydrogen (secondary N) is 1. The van der Waals surface area contributed by atoms with Crippen molar-refractivity contribution in [1.29, 1.82) is 0 Å². The summed E-state index contributed by atoms with van der Waals surface area (Å²) >= 11 is 6.54. The number of hydrogen-bond donors (Lipinski definition) is 2. The molecule has 16 heavy (non-hydrogen) atoms. The van der Waals surface area contributed by atoms with Gasteiger partial charge in [-0.15, -0.1) is 0 Å². The van der Waals surface area contributed by atoms with E-state index in [9.17, 15) is 9.59 Å². The van der Waals surface area contributed by atoms with E-state index in [0.29, 0.717) is 14.6 Å². The van der Waals surface area contributed by atoms with Crippen LogP contribution in [0, 0.1) is 5.92 Å². The lowest BCUT2D eigenvalue weighted by Gasteiger charge is -2.11. The molecular weight excluding hydrogens is 342 g/mol. The molecule has 1 rings (SSSR count). The van der Waals surface area contributed by atoms with E-state index < -0.39 is 17.8 Å². The van der Waals surface area contributed by atoms with Crippen LogP contribution in [0.1, 0.15) is 6.92 Å². The highest BCUT2D eigenvalue weighted by Gasteiger charge is 2.21. The van der Waals surface area contributed by atoms with Gasteiger partial charge in [-0.05, 0) is 50.9 Å². The second-order valence-electron chi connectivity index (χ2n) is 3.15. The Labute approximate surface area is 109 Å². The van der Waals surface area contributed by atoms with Gasteiger partial charge in [-0.2, -0.15) is 0 Å². The summed E-state index contributed by atoms with van der Waals surface area (Å²) < 4.78 is 1.38. The molecule has 0 heterocycles. The zero-order chi connectivity index (χ0) is 12.3. The van der Waals surface area contributed by atoms with Crippen LogP contribution in [0.15, 0.2) is 27.1 Å². The maximum Gasteiger partial charge on any atom is 0.315 e. The molecule has 1 amide bonds. The highest BCUT2D eigenvalue weighted by molar-refractivity contribution is 9.11. The summed E-state index contributed by atoms with van der Waals surface area (Å²) in [4.78, 5) is 22.1. The number of carbonyl (C=O) groups is 2. The number of carboxylic acids is 1. The van der Waals surface area contributed by atoms with Gasteiger partial charge in [-0.1, -0.05) is 6.07 Å². The monoisotopic (exact) mass is 349 g/mol. The van der Waals surface area contributed by atoms with Gasteiger partial charge in [0, 0.05) is 8.95 Å². The molecule has 0 spiro atoms. The number of benzene rings is 1. The molecule has 0 aliphatic rings. The van der Waals surface area contributed by atoms with Gasteiger partial charge >= 0.3 is 5.97 Å². The molecule has 4 nitrogen and oxygen atoms in total. The Morgan fingerprint density at radius 2 is 1.81 bits per heavy atom. The minimum absolute atomic E-state index is 0.528. The summed E-state index contributed by atoms with van der Waals surface area (Å²) in [6.07, 6.45) is 0. The Morgan fingerprint density at radius 1 is 1.31 bits per heavy atom. The van der Waals surface area contributed by atoms with Gasteiger partial charge in [0.1, 0.15) is 5.92 Å². The van der Waals surface area contributed by atoms with Crippen LogP contribution in [0.2, 0.25) is 0 Å². The number of rotatable bonds is 3. The lowest BCUT2D eigenvalue weighted by atomic mass is 10.1. The number of amides is 1. The van der Waals surface area contributed by atoms with Crippen LogP contribution in [0.4, 0.5) is 5.69 Å². The fraction of sp³-hybridized carbons (Fsp3) is 0.200. The van der Waals surface area contributed by atoms with Crippen LogP contribution < -0.4 is 5.32 Å². The molecule has 6 heteroatoms. The highest BCUT2D eigenvalue weighted by Crippen LogP contribution is 2.30. The average molecular weight is 351 g/mol. The first kappa shape index (κ1) is 13.2. The van der Waals surface area contributed by atoms with E-state index in [1.54, 1.807) is 18.2 Å². The van der Waals surface area contributed by atoms with Crippen molar-refractivity contribution in [3.63, 3.8) is 0 Å². The predicted octanol–water partition coefficient (Wildman–Crippen LogP) is 2.87. The number of anilines is 1. The zero-order valence-corrected chi connectivity index (χ0v) is 11.5. The Bertz CT molecular complexity index is 414. The molecule has 1 atom stereocenters. The molecule has 0 aromatic heterocycles. The maximum absolute atomic E-state index is 11.5. The van der Waals surface area contributed by atoms with Gasteiger partial charge in [-0.25, -0.2) is 0 Å². The lowest BCUT2D eigenvalue weighted by Crippen LogP contribution is -2.27. The summed E-state index contributed by atoms with van der Waals surface area (Å²) in [5, 5.41) is 11.2. The van der Waals surface area contributed by atoms with Crippen molar-refractivity contribution in [2.75, 3.05) is 5.32 Å². The van der Waals surface area contributed by atoms with E-state index >= 15 is 0 Å². The lowest BCUT2D eigenvalue weighted by molar-refractivity contribution is -0.144. The third-order valence-corrected chi connectivity index (χ3v) is 3.30. The second-order valence-corrected chi connectivity index (χ2v) is 4.85. The van der Waals surface area contributed by atoms with Crippen LogP contribution in [0.5, 0.6) is 0 Å². The molecule has 0 aliphatic carbocycles. The molecule has 1 aromatic rings. The summed E-state index contributed by atoms with van der Waals surface area (Å²) in [5.74, 6) is -2.79. The van der Waals surface area contributed by atoms with Crippen LogP contribution in [0.25, 0.3) is 0 Å². The molecular formula is C10H9Br2NO3. The van der Waals surface area contributed by atoms with E-state index in [1.807, 2.05) is 0 Å². The number of aliphatic carboxylic acids is 1. The quantitative estimate of drug-likeness (QED) is 0.824. The van der Waals surface area contributed by atoms with Crippen molar-refractivity contribution in [3.8, 4) is 0 Å². The normalized spacial score (nSPS) is 11.9. The highest BCUT2D eigenvalue weighted by atomic mass is 79.9. The summed E-state index contributed by atoms with van der Waals surface area (Å²) in [6, 6.07) is 5.31. The molecule has 0 saturated carbocycles. The Hall–Kier alpha value is -0.880. The first-order chi connectivity index (χ1) is 7.43. The van der Waals surface area contributed by atoms with Crippen molar-refractivity contribution in [1.82, 2.24) is 0 Å². The molecule has 1 unspecified atom stereocenters. The molecule has 1 aromatic carbocycles. The van der Waals surface area contributed by atoms with Crippen molar-refractivity contribution in [2.24, 2.45) is 5.92 Å². The first-order valence-electron chi connectivity index (χ1n) is 4.41. The van der Waals surface area contributed by atoms with Gasteiger partial charge in [-0.3, -0.25) is 9.59 Å². The van der Waals surface area contributed by atoms with Crippen molar-refractivity contribution < 1.29 is 14.7 Å². The second kappa shape index (κ2) is 5.45. The average Bonchev–Trinajstić information content (AvgIpc) is 2.22. The zero-order valence-electron chi connectivity index (χ0n) is 8.33. The van der Waals surface area contributed by atoms with Gasteiger partial charge in [0.15, 0.2) is 0 Å². The van der Waals surface area contributed by atoms with Crippen LogP contribution in [0.3, 0.4) is 0 Å². The number of halogens is 2. The SMILES string of the molecule is CC(C(=O)O)C(=O)Nc1c(Br)cccc1Br. The fourth-order valence-electron chi connectivity index (χ4n) is 0.961. The molecule has 0 fully saturated rings. The Morgan fingerprint density at radius 3 is 2.25 bits per heavy atom. The Balaban J connectivity index is 2.89.